The van der Waals surface area contributed by atoms with Gasteiger partial charge in [-0.1, -0.05) is 29.4 Å². The number of aryl methyl sites for hydroxylation is 1. The first-order valence-electron chi connectivity index (χ1n) is 8.19. The predicted molar refractivity (Wildman–Crippen MR) is 88.7 cm³/mol. The number of amides is 1. The van der Waals surface area contributed by atoms with Gasteiger partial charge >= 0.3 is 0 Å². The van der Waals surface area contributed by atoms with Gasteiger partial charge in [0.25, 0.3) is 11.8 Å². The Morgan fingerprint density at radius 3 is 2.96 bits per heavy atom. The highest BCUT2D eigenvalue weighted by Crippen LogP contribution is 2.35. The molecule has 0 saturated carbocycles. The standard InChI is InChI=1S/C18H17FN4O2/c1-12-21-17(25-22-12)18(19)8-4-10-23(11-18)16(24)15-14-6-3-2-5-13(14)7-9-20-15/h2-3,5-7,9H,4,8,10-11H2,1H3. The molecule has 1 aliphatic heterocycles. The number of piperidine rings is 1. The summed E-state index contributed by atoms with van der Waals surface area (Å²) in [5.41, 5.74) is -1.48. The Kier molecular flexibility index (Phi) is 3.71. The number of likely N-dealkylation sites (tertiary alicyclic amines) is 1. The molecule has 1 saturated heterocycles. The van der Waals surface area contributed by atoms with Crippen molar-refractivity contribution in [3.05, 3.63) is 53.9 Å². The molecule has 1 aromatic carbocycles. The summed E-state index contributed by atoms with van der Waals surface area (Å²) >= 11 is 0. The van der Waals surface area contributed by atoms with Gasteiger partial charge in [0.1, 0.15) is 5.69 Å². The monoisotopic (exact) mass is 340 g/mol. The number of carbonyl (C=O) groups excluding carboxylic acids is 1. The molecule has 3 heterocycles. The number of fused-ring (bicyclic) bond motifs is 1. The molecule has 3 aromatic rings. The minimum atomic E-state index is -1.82. The van der Waals surface area contributed by atoms with Crippen molar-refractivity contribution in [2.45, 2.75) is 25.4 Å². The third-order valence-corrected chi connectivity index (χ3v) is 4.52. The van der Waals surface area contributed by atoms with Gasteiger partial charge in [0.05, 0.1) is 6.54 Å². The van der Waals surface area contributed by atoms with Crippen LogP contribution >= 0.6 is 0 Å². The Morgan fingerprint density at radius 1 is 1.32 bits per heavy atom. The van der Waals surface area contributed by atoms with Crippen molar-refractivity contribution in [1.82, 2.24) is 20.0 Å². The normalized spacial score (nSPS) is 20.8. The number of benzene rings is 1. The highest BCUT2D eigenvalue weighted by Gasteiger charge is 2.44. The molecule has 0 bridgehead atoms. The number of hydrogen-bond donors (Lipinski definition) is 0. The summed E-state index contributed by atoms with van der Waals surface area (Å²) in [7, 11) is 0. The molecule has 1 fully saturated rings. The first-order valence-corrected chi connectivity index (χ1v) is 8.19. The summed E-state index contributed by atoms with van der Waals surface area (Å²) in [5.74, 6) is 0.0364. The lowest BCUT2D eigenvalue weighted by Crippen LogP contribution is -2.46. The lowest BCUT2D eigenvalue weighted by atomic mass is 9.94. The summed E-state index contributed by atoms with van der Waals surface area (Å²) < 4.78 is 20.4. The van der Waals surface area contributed by atoms with E-state index in [0.29, 0.717) is 24.5 Å². The molecule has 2 aromatic heterocycles. The SMILES string of the molecule is Cc1noc(C2(F)CCCN(C(=O)c3nccc4ccccc34)C2)n1. The highest BCUT2D eigenvalue weighted by atomic mass is 19.1. The van der Waals surface area contributed by atoms with Crippen LogP contribution in [-0.2, 0) is 5.67 Å². The Labute approximate surface area is 143 Å². The summed E-state index contributed by atoms with van der Waals surface area (Å²) in [6.45, 7) is 2.00. The molecule has 0 N–H and O–H groups in total. The fraction of sp³-hybridized carbons (Fsp3) is 0.333. The first-order chi connectivity index (χ1) is 12.1. The number of alkyl halides is 1. The zero-order valence-electron chi connectivity index (χ0n) is 13.8. The number of hydrogen-bond acceptors (Lipinski definition) is 5. The minimum absolute atomic E-state index is 0.0617. The smallest absolute Gasteiger partial charge is 0.273 e. The third-order valence-electron chi connectivity index (χ3n) is 4.52. The lowest BCUT2D eigenvalue weighted by Gasteiger charge is -2.35. The van der Waals surface area contributed by atoms with E-state index in [9.17, 15) is 4.79 Å². The number of aromatic nitrogens is 3. The van der Waals surface area contributed by atoms with Gasteiger partial charge in [-0.3, -0.25) is 9.78 Å². The zero-order chi connectivity index (χ0) is 17.4. The summed E-state index contributed by atoms with van der Waals surface area (Å²) in [6.07, 6.45) is 2.37. The molecule has 6 nitrogen and oxygen atoms in total. The largest absolute Gasteiger partial charge is 0.336 e. The maximum Gasteiger partial charge on any atom is 0.273 e. The molecule has 1 amide bonds. The van der Waals surface area contributed by atoms with Crippen molar-refractivity contribution in [1.29, 1.82) is 0 Å². The number of pyridine rings is 1. The van der Waals surface area contributed by atoms with Crippen LogP contribution in [0, 0.1) is 6.92 Å². The average Bonchev–Trinajstić information content (AvgIpc) is 3.08. The van der Waals surface area contributed by atoms with Gasteiger partial charge in [0.2, 0.25) is 5.67 Å². The Morgan fingerprint density at radius 2 is 2.16 bits per heavy atom. The van der Waals surface area contributed by atoms with Crippen molar-refractivity contribution in [2.24, 2.45) is 0 Å². The van der Waals surface area contributed by atoms with Crippen molar-refractivity contribution in [2.75, 3.05) is 13.1 Å². The first kappa shape index (κ1) is 15.7. The van der Waals surface area contributed by atoms with E-state index in [0.717, 1.165) is 10.8 Å². The van der Waals surface area contributed by atoms with E-state index < -0.39 is 5.67 Å². The van der Waals surface area contributed by atoms with Crippen molar-refractivity contribution in [3.63, 3.8) is 0 Å². The van der Waals surface area contributed by atoms with E-state index in [4.69, 9.17) is 4.52 Å². The second-order valence-electron chi connectivity index (χ2n) is 6.32. The van der Waals surface area contributed by atoms with E-state index in [2.05, 4.69) is 15.1 Å². The summed E-state index contributed by atoms with van der Waals surface area (Å²) in [6, 6.07) is 9.39. The molecule has 0 aliphatic carbocycles. The molecule has 1 aliphatic rings. The maximum absolute atomic E-state index is 15.3. The highest BCUT2D eigenvalue weighted by molar-refractivity contribution is 6.05. The second-order valence-corrected chi connectivity index (χ2v) is 6.32. The molecule has 0 spiro atoms. The van der Waals surface area contributed by atoms with E-state index >= 15 is 4.39 Å². The van der Waals surface area contributed by atoms with Crippen molar-refractivity contribution < 1.29 is 13.7 Å². The molecular weight excluding hydrogens is 323 g/mol. The number of halogens is 1. The fourth-order valence-corrected chi connectivity index (χ4v) is 3.28. The Balaban J connectivity index is 1.66. The van der Waals surface area contributed by atoms with Crippen LogP contribution in [0.2, 0.25) is 0 Å². The predicted octanol–water partition coefficient (Wildman–Crippen LogP) is 3.03. The van der Waals surface area contributed by atoms with Crippen LogP contribution in [-0.4, -0.2) is 39.0 Å². The van der Waals surface area contributed by atoms with Crippen LogP contribution in [0.5, 0.6) is 0 Å². The number of rotatable bonds is 2. The number of carbonyl (C=O) groups is 1. The molecule has 4 rings (SSSR count). The quantitative estimate of drug-likeness (QED) is 0.717. The molecule has 1 atom stereocenters. The molecule has 25 heavy (non-hydrogen) atoms. The van der Waals surface area contributed by atoms with Gasteiger partial charge in [-0.2, -0.15) is 4.98 Å². The van der Waals surface area contributed by atoms with Gasteiger partial charge in [-0.25, -0.2) is 4.39 Å². The maximum atomic E-state index is 15.3. The molecule has 1 unspecified atom stereocenters. The van der Waals surface area contributed by atoms with Crippen LogP contribution in [0.25, 0.3) is 10.8 Å². The molecule has 0 radical (unpaired) electrons. The third kappa shape index (κ3) is 2.75. The van der Waals surface area contributed by atoms with Gasteiger partial charge in [0, 0.05) is 18.1 Å². The van der Waals surface area contributed by atoms with Crippen molar-refractivity contribution >= 4 is 16.7 Å². The van der Waals surface area contributed by atoms with E-state index in [1.54, 1.807) is 13.1 Å². The summed E-state index contributed by atoms with van der Waals surface area (Å²) in [5, 5.41) is 5.35. The van der Waals surface area contributed by atoms with Crippen LogP contribution < -0.4 is 0 Å². The van der Waals surface area contributed by atoms with E-state index in [-0.39, 0.29) is 24.8 Å². The zero-order valence-corrected chi connectivity index (χ0v) is 13.8. The minimum Gasteiger partial charge on any atom is -0.336 e. The lowest BCUT2D eigenvalue weighted by molar-refractivity contribution is 0.0150. The molecular formula is C18H17FN4O2. The fourth-order valence-electron chi connectivity index (χ4n) is 3.28. The second kappa shape index (κ2) is 5.91. The van der Waals surface area contributed by atoms with Crippen molar-refractivity contribution in [3.8, 4) is 0 Å². The Bertz CT molecular complexity index is 936. The van der Waals surface area contributed by atoms with Crippen LogP contribution in [0.15, 0.2) is 41.1 Å². The van der Waals surface area contributed by atoms with E-state index in [1.165, 1.54) is 4.90 Å². The molecule has 7 heteroatoms. The van der Waals surface area contributed by atoms with Gasteiger partial charge in [-0.15, -0.1) is 0 Å². The van der Waals surface area contributed by atoms with Crippen LogP contribution in [0.4, 0.5) is 4.39 Å². The van der Waals surface area contributed by atoms with E-state index in [1.807, 2.05) is 30.3 Å². The van der Waals surface area contributed by atoms with Gasteiger partial charge in [0.15, 0.2) is 5.82 Å². The van der Waals surface area contributed by atoms with Crippen LogP contribution in [0.3, 0.4) is 0 Å². The Hall–Kier alpha value is -2.83. The topological polar surface area (TPSA) is 72.1 Å². The number of nitrogens with zero attached hydrogens (tertiary/aromatic N) is 4. The van der Waals surface area contributed by atoms with Crippen LogP contribution in [0.1, 0.15) is 35.0 Å². The van der Waals surface area contributed by atoms with Gasteiger partial charge < -0.3 is 9.42 Å². The van der Waals surface area contributed by atoms with Gasteiger partial charge in [-0.05, 0) is 31.2 Å². The molecule has 128 valence electrons. The summed E-state index contributed by atoms with van der Waals surface area (Å²) in [4.78, 5) is 22.7. The average molecular weight is 340 g/mol.